The monoisotopic (exact) mass is 967 g/mol. The summed E-state index contributed by atoms with van der Waals surface area (Å²) in [6.45, 7) is 18.4. The zero-order chi connectivity index (χ0) is 49.1. The zero-order valence-electron chi connectivity index (χ0n) is 42.4. The van der Waals surface area contributed by atoms with E-state index in [4.69, 9.17) is 0 Å². The van der Waals surface area contributed by atoms with Crippen LogP contribution in [0, 0.1) is 0 Å². The molecule has 3 nitrogen and oxygen atoms in total. The summed E-state index contributed by atoms with van der Waals surface area (Å²) in [6.07, 6.45) is 0. The molecule has 4 heterocycles. The maximum absolute atomic E-state index is 2.51. The standard InChI is InChI=1S/C66H58BN3S2/c1-39(2)43-19-27-58-52(31-43)53-32-44(40(3)4)20-28-59(53)69(58)49-23-25-56-62(35-49)71-64-37-51(68(47-15-11-9-12-16-47)48-17-13-10-14-18-48)38-65-66(64)67(56)57-26-24-50(36-63(57)72-65)70-60-29-21-45(41(5)6)33-54(60)55-34-46(42(7)8)22-30-61(55)70/h9-42H,1-8H3. The summed E-state index contributed by atoms with van der Waals surface area (Å²) in [7, 11) is 0. The van der Waals surface area contributed by atoms with Crippen molar-refractivity contribution in [2.75, 3.05) is 4.90 Å². The van der Waals surface area contributed by atoms with Crippen molar-refractivity contribution < 1.29 is 0 Å². The van der Waals surface area contributed by atoms with Gasteiger partial charge in [0.1, 0.15) is 0 Å². The molecule has 0 saturated carbocycles. The number of fused-ring (bicyclic) bond motifs is 10. The molecule has 0 saturated heterocycles. The minimum Gasteiger partial charge on any atom is -0.310 e. The predicted octanol–water partition coefficient (Wildman–Crippen LogP) is 17.3. The van der Waals surface area contributed by atoms with Crippen LogP contribution >= 0.6 is 23.5 Å². The molecule has 13 rings (SSSR count). The van der Waals surface area contributed by atoms with Crippen LogP contribution in [0.15, 0.2) is 202 Å². The van der Waals surface area contributed by atoms with E-state index in [0.717, 1.165) is 17.1 Å². The Labute approximate surface area is 433 Å². The average Bonchev–Trinajstić information content (AvgIpc) is 3.90. The van der Waals surface area contributed by atoms with Gasteiger partial charge in [-0.3, -0.25) is 0 Å². The second-order valence-corrected chi connectivity index (χ2v) is 23.5. The zero-order valence-corrected chi connectivity index (χ0v) is 44.0. The highest BCUT2D eigenvalue weighted by Gasteiger charge is 2.39. The fraction of sp³-hybridized carbons (Fsp3) is 0.182. The number of rotatable bonds is 9. The first-order valence-electron chi connectivity index (χ1n) is 25.9. The summed E-state index contributed by atoms with van der Waals surface area (Å²) in [5.41, 5.74) is 20.5. The molecule has 2 aliphatic rings. The fourth-order valence-electron chi connectivity index (χ4n) is 11.6. The van der Waals surface area contributed by atoms with Crippen LogP contribution in [-0.4, -0.2) is 15.8 Å². The Morgan fingerprint density at radius 3 is 1.03 bits per heavy atom. The number of benzene rings is 9. The van der Waals surface area contributed by atoms with E-state index < -0.39 is 0 Å². The molecule has 0 amide bonds. The third kappa shape index (κ3) is 7.27. The van der Waals surface area contributed by atoms with Crippen molar-refractivity contribution in [2.24, 2.45) is 0 Å². The third-order valence-corrected chi connectivity index (χ3v) is 17.8. The van der Waals surface area contributed by atoms with Crippen molar-refractivity contribution in [1.82, 2.24) is 9.13 Å². The minimum absolute atomic E-state index is 0.0715. The summed E-state index contributed by atoms with van der Waals surface area (Å²) in [4.78, 5) is 7.65. The molecule has 0 atom stereocenters. The lowest BCUT2D eigenvalue weighted by atomic mass is 9.36. The summed E-state index contributed by atoms with van der Waals surface area (Å²) in [5, 5.41) is 5.29. The van der Waals surface area contributed by atoms with Gasteiger partial charge in [-0.15, -0.1) is 0 Å². The van der Waals surface area contributed by atoms with Crippen LogP contribution in [0.3, 0.4) is 0 Å². The van der Waals surface area contributed by atoms with Gasteiger partial charge in [-0.25, -0.2) is 0 Å². The van der Waals surface area contributed by atoms with Gasteiger partial charge in [0.05, 0.1) is 22.1 Å². The van der Waals surface area contributed by atoms with Gasteiger partial charge < -0.3 is 14.0 Å². The van der Waals surface area contributed by atoms with E-state index in [9.17, 15) is 0 Å². The molecule has 0 unspecified atom stereocenters. The van der Waals surface area contributed by atoms with Gasteiger partial charge in [0.15, 0.2) is 0 Å². The third-order valence-electron chi connectivity index (χ3n) is 15.5. The minimum atomic E-state index is 0.0715. The van der Waals surface area contributed by atoms with E-state index in [0.29, 0.717) is 23.7 Å². The molecule has 72 heavy (non-hydrogen) atoms. The van der Waals surface area contributed by atoms with E-state index in [2.05, 4.69) is 251 Å². The largest absolute Gasteiger partial charge is 0.310 e. The topological polar surface area (TPSA) is 13.1 Å². The Morgan fingerprint density at radius 2 is 0.694 bits per heavy atom. The first-order valence-corrected chi connectivity index (χ1v) is 27.5. The first-order chi connectivity index (χ1) is 35.0. The molecule has 0 bridgehead atoms. The number of hydrogen-bond acceptors (Lipinski definition) is 3. The lowest BCUT2D eigenvalue weighted by Crippen LogP contribution is -2.58. The Morgan fingerprint density at radius 1 is 0.347 bits per heavy atom. The van der Waals surface area contributed by atoms with Gasteiger partial charge in [-0.2, -0.15) is 0 Å². The molecule has 0 N–H and O–H groups in total. The lowest BCUT2D eigenvalue weighted by Gasteiger charge is -2.35. The molecule has 0 spiro atoms. The van der Waals surface area contributed by atoms with Crippen molar-refractivity contribution in [3.8, 4) is 11.4 Å². The maximum atomic E-state index is 2.51. The van der Waals surface area contributed by atoms with E-state index in [-0.39, 0.29) is 6.71 Å². The molecule has 352 valence electrons. The van der Waals surface area contributed by atoms with Gasteiger partial charge in [0, 0.05) is 69.6 Å². The molecule has 0 radical (unpaired) electrons. The molecular weight excluding hydrogens is 910 g/mol. The summed E-state index contributed by atoms with van der Waals surface area (Å²) < 4.78 is 5.03. The average molecular weight is 968 g/mol. The molecule has 2 aromatic heterocycles. The van der Waals surface area contributed by atoms with Gasteiger partial charge in [0.2, 0.25) is 6.71 Å². The smallest absolute Gasteiger partial charge is 0.247 e. The van der Waals surface area contributed by atoms with E-state index in [1.54, 1.807) is 0 Å². The quantitative estimate of drug-likeness (QED) is 0.134. The number of para-hydroxylation sites is 2. The van der Waals surface area contributed by atoms with Gasteiger partial charge in [-0.1, -0.05) is 163 Å². The Hall–Kier alpha value is -6.86. The van der Waals surface area contributed by atoms with E-state index in [1.807, 2.05) is 23.5 Å². The predicted molar refractivity (Wildman–Crippen MR) is 312 cm³/mol. The molecule has 0 aliphatic carbocycles. The number of aromatic nitrogens is 2. The van der Waals surface area contributed by atoms with Gasteiger partial charge in [-0.05, 0) is 161 Å². The highest BCUT2D eigenvalue weighted by Crippen LogP contribution is 2.46. The lowest BCUT2D eigenvalue weighted by molar-refractivity contribution is 0.868. The molecule has 2 aliphatic heterocycles. The second-order valence-electron chi connectivity index (χ2n) is 21.3. The number of anilines is 3. The van der Waals surface area contributed by atoms with Crippen LogP contribution in [0.5, 0.6) is 0 Å². The van der Waals surface area contributed by atoms with Gasteiger partial charge >= 0.3 is 0 Å². The van der Waals surface area contributed by atoms with Crippen LogP contribution in [0.1, 0.15) is 101 Å². The van der Waals surface area contributed by atoms with Crippen molar-refractivity contribution in [1.29, 1.82) is 0 Å². The van der Waals surface area contributed by atoms with Crippen molar-refractivity contribution in [3.05, 3.63) is 204 Å². The van der Waals surface area contributed by atoms with Crippen molar-refractivity contribution >= 4 is 107 Å². The van der Waals surface area contributed by atoms with E-state index >= 15 is 0 Å². The number of hydrogen-bond donors (Lipinski definition) is 0. The Bertz CT molecular complexity index is 3570. The molecule has 6 heteroatoms. The second kappa shape index (κ2) is 17.4. The highest BCUT2D eigenvalue weighted by atomic mass is 32.2. The molecular formula is C66H58BN3S2. The SMILES string of the molecule is CC(C)c1ccc2c(c1)c1cc(C(C)C)ccc1n2-c1ccc2c(c1)Sc1cc(N(c3ccccc3)c3ccccc3)cc3c1B2c1ccc(-n2c4ccc(C(C)C)cc4c4cc(C(C)C)ccc42)cc1S3. The normalized spacial score (nSPS) is 13.1. The summed E-state index contributed by atoms with van der Waals surface area (Å²) in [6, 6.07) is 69.8. The van der Waals surface area contributed by atoms with Crippen molar-refractivity contribution in [2.45, 2.75) is 98.6 Å². The van der Waals surface area contributed by atoms with Crippen LogP contribution in [0.4, 0.5) is 17.1 Å². The summed E-state index contributed by atoms with van der Waals surface area (Å²) >= 11 is 3.87. The van der Waals surface area contributed by atoms with Crippen LogP contribution in [0.25, 0.3) is 55.0 Å². The Balaban J connectivity index is 1.02. The first kappa shape index (κ1) is 45.0. The Kier molecular flexibility index (Phi) is 10.9. The summed E-state index contributed by atoms with van der Waals surface area (Å²) in [5.74, 6) is 1.78. The van der Waals surface area contributed by atoms with Crippen LogP contribution in [-0.2, 0) is 0 Å². The molecule has 0 fully saturated rings. The molecule has 9 aromatic carbocycles. The van der Waals surface area contributed by atoms with E-state index in [1.165, 1.54) is 113 Å². The number of nitrogens with zero attached hydrogens (tertiary/aromatic N) is 3. The highest BCUT2D eigenvalue weighted by molar-refractivity contribution is 8.01. The fourth-order valence-corrected chi connectivity index (χ4v) is 14.1. The van der Waals surface area contributed by atoms with Crippen molar-refractivity contribution in [3.63, 3.8) is 0 Å². The van der Waals surface area contributed by atoms with Gasteiger partial charge in [0.25, 0.3) is 0 Å². The maximum Gasteiger partial charge on any atom is 0.247 e. The van der Waals surface area contributed by atoms with Crippen LogP contribution < -0.4 is 21.3 Å². The van der Waals surface area contributed by atoms with Crippen LogP contribution in [0.2, 0.25) is 0 Å². The molecule has 11 aromatic rings.